The SMILES string of the molecule is CC(=O)C1CCN(c2ccc(S(=O)(=O)NC(=O)C(C)C)c(Cl)c2)CC1. The molecule has 0 unspecified atom stereocenters. The van der Waals surface area contributed by atoms with Crippen molar-refractivity contribution in [2.45, 2.75) is 38.5 Å². The normalized spacial score (nSPS) is 16.1. The zero-order valence-corrected chi connectivity index (χ0v) is 16.2. The fraction of sp³-hybridized carbons (Fsp3) is 0.529. The van der Waals surface area contributed by atoms with Gasteiger partial charge in [0.2, 0.25) is 5.91 Å². The van der Waals surface area contributed by atoms with E-state index >= 15 is 0 Å². The fourth-order valence-corrected chi connectivity index (χ4v) is 4.41. The molecule has 0 aliphatic carbocycles. The van der Waals surface area contributed by atoms with Gasteiger partial charge in [-0.1, -0.05) is 25.4 Å². The van der Waals surface area contributed by atoms with Crippen LogP contribution >= 0.6 is 11.6 Å². The molecule has 1 heterocycles. The van der Waals surface area contributed by atoms with E-state index in [1.165, 1.54) is 6.07 Å². The van der Waals surface area contributed by atoms with Crippen LogP contribution in [0.4, 0.5) is 5.69 Å². The molecule has 1 amide bonds. The van der Waals surface area contributed by atoms with Crippen molar-refractivity contribution in [2.75, 3.05) is 18.0 Å². The van der Waals surface area contributed by atoms with Crippen molar-refractivity contribution in [1.29, 1.82) is 0 Å². The van der Waals surface area contributed by atoms with Crippen molar-refractivity contribution in [3.63, 3.8) is 0 Å². The Kier molecular flexibility index (Phi) is 6.11. The average Bonchev–Trinajstić information content (AvgIpc) is 2.54. The lowest BCUT2D eigenvalue weighted by molar-refractivity contribution is -0.122. The first-order valence-corrected chi connectivity index (χ1v) is 10.1. The summed E-state index contributed by atoms with van der Waals surface area (Å²) in [5, 5.41) is 0.0650. The van der Waals surface area contributed by atoms with Gasteiger partial charge in [0.1, 0.15) is 10.7 Å². The average molecular weight is 387 g/mol. The molecule has 1 fully saturated rings. The number of benzene rings is 1. The summed E-state index contributed by atoms with van der Waals surface area (Å²) in [6.07, 6.45) is 1.55. The number of amides is 1. The van der Waals surface area contributed by atoms with Gasteiger partial charge in [-0.25, -0.2) is 13.1 Å². The molecule has 0 spiro atoms. The third kappa shape index (κ3) is 4.73. The van der Waals surface area contributed by atoms with E-state index in [0.29, 0.717) is 0 Å². The monoisotopic (exact) mass is 386 g/mol. The van der Waals surface area contributed by atoms with Crippen molar-refractivity contribution >= 4 is 39.0 Å². The van der Waals surface area contributed by atoms with E-state index in [0.717, 1.165) is 31.6 Å². The Morgan fingerprint density at radius 1 is 1.24 bits per heavy atom. The number of piperidine rings is 1. The van der Waals surface area contributed by atoms with Crippen LogP contribution in [0.15, 0.2) is 23.1 Å². The van der Waals surface area contributed by atoms with Gasteiger partial charge in [-0.05, 0) is 38.0 Å². The Labute approximate surface area is 153 Å². The zero-order valence-electron chi connectivity index (χ0n) is 14.6. The summed E-state index contributed by atoms with van der Waals surface area (Å²) in [6.45, 7) is 6.27. The standard InChI is InChI=1S/C17H23ClN2O4S/c1-11(2)17(22)19-25(23,24)16-5-4-14(10-15(16)18)20-8-6-13(7-9-20)12(3)21/h4-5,10-11,13H,6-9H2,1-3H3,(H,19,22). The van der Waals surface area contributed by atoms with Gasteiger partial charge in [-0.3, -0.25) is 9.59 Å². The number of carbonyl (C=O) groups excluding carboxylic acids is 2. The summed E-state index contributed by atoms with van der Waals surface area (Å²) in [5.41, 5.74) is 0.807. The molecule has 138 valence electrons. The molecule has 0 bridgehead atoms. The second-order valence-corrected chi connectivity index (χ2v) is 8.67. The number of hydrogen-bond donors (Lipinski definition) is 1. The summed E-state index contributed by atoms with van der Waals surface area (Å²) < 4.78 is 26.6. The van der Waals surface area contributed by atoms with Crippen LogP contribution in [0.25, 0.3) is 0 Å². The second kappa shape index (κ2) is 7.74. The number of anilines is 1. The van der Waals surface area contributed by atoms with Gasteiger partial charge in [0, 0.05) is 30.6 Å². The Bertz CT molecular complexity index is 769. The first-order valence-electron chi connectivity index (χ1n) is 8.23. The van der Waals surface area contributed by atoms with Gasteiger partial charge in [0.05, 0.1) is 5.02 Å². The minimum absolute atomic E-state index is 0.0650. The van der Waals surface area contributed by atoms with Gasteiger partial charge >= 0.3 is 0 Å². The number of nitrogens with zero attached hydrogens (tertiary/aromatic N) is 1. The lowest BCUT2D eigenvalue weighted by Crippen LogP contribution is -2.36. The maximum Gasteiger partial charge on any atom is 0.265 e. The van der Waals surface area contributed by atoms with E-state index in [-0.39, 0.29) is 21.6 Å². The van der Waals surface area contributed by atoms with Crippen molar-refractivity contribution in [3.05, 3.63) is 23.2 Å². The lowest BCUT2D eigenvalue weighted by Gasteiger charge is -2.32. The van der Waals surface area contributed by atoms with Crippen LogP contribution in [0.2, 0.25) is 5.02 Å². The van der Waals surface area contributed by atoms with Gasteiger partial charge in [-0.15, -0.1) is 0 Å². The number of sulfonamides is 1. The second-order valence-electron chi connectivity index (χ2n) is 6.61. The molecule has 25 heavy (non-hydrogen) atoms. The highest BCUT2D eigenvalue weighted by molar-refractivity contribution is 7.90. The van der Waals surface area contributed by atoms with Crippen LogP contribution < -0.4 is 9.62 Å². The summed E-state index contributed by atoms with van der Waals surface area (Å²) >= 11 is 6.16. The van der Waals surface area contributed by atoms with E-state index in [1.807, 2.05) is 4.72 Å². The van der Waals surface area contributed by atoms with Gasteiger partial charge in [0.15, 0.2) is 0 Å². The molecule has 1 N–H and O–H groups in total. The third-order valence-electron chi connectivity index (χ3n) is 4.40. The highest BCUT2D eigenvalue weighted by atomic mass is 35.5. The molecule has 1 aromatic carbocycles. The van der Waals surface area contributed by atoms with Crippen LogP contribution in [-0.4, -0.2) is 33.2 Å². The summed E-state index contributed by atoms with van der Waals surface area (Å²) in [6, 6.07) is 4.67. The fourth-order valence-electron chi connectivity index (χ4n) is 2.75. The van der Waals surface area contributed by atoms with E-state index in [4.69, 9.17) is 11.6 Å². The molecule has 0 radical (unpaired) electrons. The maximum atomic E-state index is 12.3. The van der Waals surface area contributed by atoms with E-state index in [1.54, 1.807) is 32.9 Å². The summed E-state index contributed by atoms with van der Waals surface area (Å²) in [7, 11) is -4.00. The van der Waals surface area contributed by atoms with Crippen LogP contribution in [0, 0.1) is 11.8 Å². The molecule has 6 nitrogen and oxygen atoms in total. The van der Waals surface area contributed by atoms with Crippen LogP contribution in [0.5, 0.6) is 0 Å². The lowest BCUT2D eigenvalue weighted by atomic mass is 9.93. The molecular formula is C17H23ClN2O4S. The number of nitrogens with one attached hydrogen (secondary N) is 1. The molecule has 0 atom stereocenters. The highest BCUT2D eigenvalue weighted by Crippen LogP contribution is 2.30. The number of halogens is 1. The third-order valence-corrected chi connectivity index (χ3v) is 6.23. The summed E-state index contributed by atoms with van der Waals surface area (Å²) in [4.78, 5) is 25.1. The van der Waals surface area contributed by atoms with Crippen molar-refractivity contribution in [2.24, 2.45) is 11.8 Å². The predicted molar refractivity (Wildman–Crippen MR) is 97.2 cm³/mol. The zero-order chi connectivity index (χ0) is 18.8. The molecule has 8 heteroatoms. The summed E-state index contributed by atoms with van der Waals surface area (Å²) in [5.74, 6) is -0.723. The van der Waals surface area contributed by atoms with E-state index < -0.39 is 21.8 Å². The largest absolute Gasteiger partial charge is 0.371 e. The molecular weight excluding hydrogens is 364 g/mol. The topological polar surface area (TPSA) is 83.6 Å². The van der Waals surface area contributed by atoms with Gasteiger partial charge < -0.3 is 4.90 Å². The van der Waals surface area contributed by atoms with Crippen LogP contribution in [0.1, 0.15) is 33.6 Å². The Morgan fingerprint density at radius 3 is 2.32 bits per heavy atom. The van der Waals surface area contributed by atoms with Crippen LogP contribution in [-0.2, 0) is 19.6 Å². The predicted octanol–water partition coefficient (Wildman–Crippen LogP) is 2.61. The minimum atomic E-state index is -4.00. The first-order chi connectivity index (χ1) is 11.6. The number of ketones is 1. The quantitative estimate of drug-likeness (QED) is 0.840. The Balaban J connectivity index is 2.16. The smallest absolute Gasteiger partial charge is 0.265 e. The van der Waals surface area contributed by atoms with Gasteiger partial charge in [-0.2, -0.15) is 0 Å². The van der Waals surface area contributed by atoms with E-state index in [9.17, 15) is 18.0 Å². The number of rotatable bonds is 5. The molecule has 1 aromatic rings. The number of carbonyl (C=O) groups is 2. The van der Waals surface area contributed by atoms with E-state index in [2.05, 4.69) is 4.90 Å². The maximum absolute atomic E-state index is 12.3. The first kappa shape index (κ1) is 19.7. The van der Waals surface area contributed by atoms with Crippen molar-refractivity contribution in [1.82, 2.24) is 4.72 Å². The molecule has 2 rings (SSSR count). The molecule has 1 aliphatic rings. The molecule has 1 aliphatic heterocycles. The molecule has 0 saturated carbocycles. The van der Waals surface area contributed by atoms with Crippen molar-refractivity contribution < 1.29 is 18.0 Å². The van der Waals surface area contributed by atoms with Gasteiger partial charge in [0.25, 0.3) is 10.0 Å². The molecule has 0 aromatic heterocycles. The van der Waals surface area contributed by atoms with Crippen LogP contribution in [0.3, 0.4) is 0 Å². The Morgan fingerprint density at radius 2 is 1.84 bits per heavy atom. The highest BCUT2D eigenvalue weighted by Gasteiger charge is 2.25. The van der Waals surface area contributed by atoms with Crippen molar-refractivity contribution in [3.8, 4) is 0 Å². The number of hydrogen-bond acceptors (Lipinski definition) is 5. The number of Topliss-reactive ketones (excluding diaryl/α,β-unsaturated/α-hetero) is 1. The Hall–Kier alpha value is -1.60. The molecule has 1 saturated heterocycles. The minimum Gasteiger partial charge on any atom is -0.371 e.